The minimum absolute atomic E-state index is 0.101. The van der Waals surface area contributed by atoms with Crippen LogP contribution < -0.4 is 5.32 Å². The molecule has 34 heavy (non-hydrogen) atoms. The molecule has 6 rings (SSSR count). The van der Waals surface area contributed by atoms with Crippen LogP contribution in [-0.2, 0) is 13.6 Å². The first kappa shape index (κ1) is 21.0. The van der Waals surface area contributed by atoms with Crippen LogP contribution in [0.2, 0.25) is 0 Å². The summed E-state index contributed by atoms with van der Waals surface area (Å²) in [6.07, 6.45) is 5.67. The van der Waals surface area contributed by atoms with Crippen molar-refractivity contribution in [3.8, 4) is 0 Å². The van der Waals surface area contributed by atoms with Crippen molar-refractivity contribution in [3.63, 3.8) is 0 Å². The molecular formula is C25H23FN6OS. The van der Waals surface area contributed by atoms with Crippen molar-refractivity contribution >= 4 is 39.5 Å². The zero-order valence-corrected chi connectivity index (χ0v) is 19.6. The van der Waals surface area contributed by atoms with Crippen molar-refractivity contribution in [1.82, 2.24) is 29.9 Å². The predicted molar refractivity (Wildman–Crippen MR) is 129 cm³/mol. The number of aromatic amines is 1. The van der Waals surface area contributed by atoms with Gasteiger partial charge in [0.05, 0.1) is 29.5 Å². The van der Waals surface area contributed by atoms with Crippen molar-refractivity contribution in [2.75, 3.05) is 0 Å². The van der Waals surface area contributed by atoms with Gasteiger partial charge in [-0.3, -0.25) is 14.6 Å². The van der Waals surface area contributed by atoms with Gasteiger partial charge in [0.1, 0.15) is 11.5 Å². The van der Waals surface area contributed by atoms with Crippen LogP contribution in [0.1, 0.15) is 40.6 Å². The number of carbonyl (C=O) groups is 1. The molecule has 3 aromatic heterocycles. The number of rotatable bonds is 6. The number of carbonyl (C=O) groups excluding carboxylic acids is 1. The van der Waals surface area contributed by atoms with Crippen LogP contribution in [0.4, 0.5) is 4.39 Å². The summed E-state index contributed by atoms with van der Waals surface area (Å²) in [5.41, 5.74) is 3.76. The van der Waals surface area contributed by atoms with Gasteiger partial charge in [-0.2, -0.15) is 10.2 Å². The molecule has 1 aliphatic rings. The van der Waals surface area contributed by atoms with Gasteiger partial charge in [0.2, 0.25) is 0 Å². The molecular weight excluding hydrogens is 451 g/mol. The van der Waals surface area contributed by atoms with Crippen LogP contribution in [0.15, 0.2) is 58.6 Å². The molecule has 0 aliphatic heterocycles. The number of aromatic nitrogens is 5. The number of amides is 1. The zero-order chi connectivity index (χ0) is 23.4. The first-order chi connectivity index (χ1) is 16.5. The normalized spacial score (nSPS) is 13.7. The number of halogens is 1. The molecule has 9 heteroatoms. The third-order valence-electron chi connectivity index (χ3n) is 6.49. The summed E-state index contributed by atoms with van der Waals surface area (Å²) >= 11 is 1.60. The fraction of sp³-hybridized carbons (Fsp3) is 0.240. The van der Waals surface area contributed by atoms with Crippen molar-refractivity contribution in [2.45, 2.75) is 42.1 Å². The van der Waals surface area contributed by atoms with Crippen LogP contribution in [0.25, 0.3) is 21.8 Å². The van der Waals surface area contributed by atoms with E-state index in [0.717, 1.165) is 50.1 Å². The minimum Gasteiger partial charge on any atom is -0.346 e. The minimum atomic E-state index is -0.329. The quantitative estimate of drug-likeness (QED) is 0.358. The molecule has 0 saturated heterocycles. The van der Waals surface area contributed by atoms with E-state index in [1.54, 1.807) is 30.2 Å². The van der Waals surface area contributed by atoms with E-state index >= 15 is 0 Å². The molecule has 0 radical (unpaired) electrons. The molecule has 1 amide bonds. The average molecular weight is 475 g/mol. The fourth-order valence-electron chi connectivity index (χ4n) is 4.31. The van der Waals surface area contributed by atoms with Crippen LogP contribution >= 0.6 is 11.8 Å². The SMILES string of the molecule is Cc1c(Sc2ccc3[nH]ncc3c2)cc(C(=O)NCc2c(F)ccc3cnn(C4CC4)c23)n1C. The first-order valence-electron chi connectivity index (χ1n) is 11.2. The van der Waals surface area contributed by atoms with Gasteiger partial charge in [-0.05, 0) is 56.2 Å². The monoisotopic (exact) mass is 474 g/mol. The Kier molecular flexibility index (Phi) is 4.95. The number of nitrogens with zero attached hydrogens (tertiary/aromatic N) is 4. The second-order valence-corrected chi connectivity index (χ2v) is 9.84. The van der Waals surface area contributed by atoms with E-state index in [2.05, 4.69) is 26.7 Å². The second-order valence-electron chi connectivity index (χ2n) is 8.73. The summed E-state index contributed by atoms with van der Waals surface area (Å²) in [7, 11) is 1.87. The summed E-state index contributed by atoms with van der Waals surface area (Å²) in [4.78, 5) is 15.2. The van der Waals surface area contributed by atoms with Gasteiger partial charge in [0.15, 0.2) is 0 Å². The largest absolute Gasteiger partial charge is 0.346 e. The van der Waals surface area contributed by atoms with E-state index < -0.39 is 0 Å². The molecule has 0 unspecified atom stereocenters. The summed E-state index contributed by atoms with van der Waals surface area (Å²) in [5, 5.41) is 16.3. The smallest absolute Gasteiger partial charge is 0.268 e. The van der Waals surface area contributed by atoms with Gasteiger partial charge in [0, 0.05) is 45.4 Å². The lowest BCUT2D eigenvalue weighted by Gasteiger charge is -2.11. The fourth-order valence-corrected chi connectivity index (χ4v) is 5.34. The van der Waals surface area contributed by atoms with E-state index in [4.69, 9.17) is 0 Å². The number of hydrogen-bond donors (Lipinski definition) is 2. The highest BCUT2D eigenvalue weighted by atomic mass is 32.2. The van der Waals surface area contributed by atoms with Crippen molar-refractivity contribution < 1.29 is 9.18 Å². The number of H-pyrrole nitrogens is 1. The summed E-state index contributed by atoms with van der Waals surface area (Å²) in [5.74, 6) is -0.569. The molecule has 1 saturated carbocycles. The van der Waals surface area contributed by atoms with Crippen molar-refractivity contribution in [1.29, 1.82) is 0 Å². The topological polar surface area (TPSA) is 80.5 Å². The van der Waals surface area contributed by atoms with E-state index in [9.17, 15) is 9.18 Å². The van der Waals surface area contributed by atoms with Crippen LogP contribution in [-0.4, -0.2) is 30.5 Å². The molecule has 3 heterocycles. The Morgan fingerprint density at radius 3 is 2.88 bits per heavy atom. The summed E-state index contributed by atoms with van der Waals surface area (Å²) in [6.45, 7) is 2.09. The Morgan fingerprint density at radius 2 is 2.06 bits per heavy atom. The first-order valence-corrected chi connectivity index (χ1v) is 12.0. The molecule has 0 bridgehead atoms. The zero-order valence-electron chi connectivity index (χ0n) is 18.8. The Morgan fingerprint density at radius 1 is 1.21 bits per heavy atom. The van der Waals surface area contributed by atoms with Crippen molar-refractivity contribution in [2.24, 2.45) is 7.05 Å². The standard InChI is InChI=1S/C25H23FN6OS/c1-14-23(34-18-6-8-21-16(9-18)11-28-30-21)10-22(31(14)2)25(33)27-13-19-20(26)7-3-15-12-29-32(24(15)19)17-4-5-17/h3,6-12,17H,4-5,13H2,1-2H3,(H,27,33)(H,28,30). The Balaban J connectivity index is 1.24. The van der Waals surface area contributed by atoms with Gasteiger partial charge in [-0.25, -0.2) is 4.39 Å². The Bertz CT molecular complexity index is 1560. The van der Waals surface area contributed by atoms with Crippen LogP contribution in [0, 0.1) is 12.7 Å². The highest BCUT2D eigenvalue weighted by Crippen LogP contribution is 2.38. The number of nitrogens with one attached hydrogen (secondary N) is 2. The Labute approximate surface area is 199 Å². The lowest BCUT2D eigenvalue weighted by molar-refractivity contribution is 0.0942. The lowest BCUT2D eigenvalue weighted by atomic mass is 10.1. The third-order valence-corrected chi connectivity index (χ3v) is 7.61. The van der Waals surface area contributed by atoms with E-state index in [1.165, 1.54) is 6.07 Å². The molecule has 5 aromatic rings. The van der Waals surface area contributed by atoms with Crippen molar-refractivity contribution in [3.05, 3.63) is 71.6 Å². The summed E-state index contributed by atoms with van der Waals surface area (Å²) in [6, 6.07) is 11.5. The van der Waals surface area contributed by atoms with Gasteiger partial charge in [-0.1, -0.05) is 11.8 Å². The summed E-state index contributed by atoms with van der Waals surface area (Å²) < 4.78 is 18.6. The second kappa shape index (κ2) is 8.02. The molecule has 0 spiro atoms. The van der Waals surface area contributed by atoms with Crippen LogP contribution in [0.5, 0.6) is 0 Å². The number of fused-ring (bicyclic) bond motifs is 2. The van der Waals surface area contributed by atoms with Crippen LogP contribution in [0.3, 0.4) is 0 Å². The van der Waals surface area contributed by atoms with Gasteiger partial charge in [0.25, 0.3) is 5.91 Å². The highest BCUT2D eigenvalue weighted by molar-refractivity contribution is 7.99. The van der Waals surface area contributed by atoms with Gasteiger partial charge in [-0.15, -0.1) is 0 Å². The Hall–Kier alpha value is -3.59. The molecule has 1 fully saturated rings. The number of hydrogen-bond acceptors (Lipinski definition) is 4. The van der Waals surface area contributed by atoms with Gasteiger partial charge >= 0.3 is 0 Å². The highest BCUT2D eigenvalue weighted by Gasteiger charge is 2.27. The maximum absolute atomic E-state index is 14.8. The predicted octanol–water partition coefficient (Wildman–Crippen LogP) is 5.11. The maximum Gasteiger partial charge on any atom is 0.268 e. The van der Waals surface area contributed by atoms with E-state index in [0.29, 0.717) is 17.3 Å². The lowest BCUT2D eigenvalue weighted by Crippen LogP contribution is -2.26. The molecule has 2 aromatic carbocycles. The van der Waals surface area contributed by atoms with Gasteiger partial charge < -0.3 is 9.88 Å². The van der Waals surface area contributed by atoms with E-state index in [1.807, 2.05) is 41.4 Å². The maximum atomic E-state index is 14.8. The molecule has 2 N–H and O–H groups in total. The average Bonchev–Trinajstić information content (AvgIpc) is 3.30. The van der Waals surface area contributed by atoms with E-state index in [-0.39, 0.29) is 18.3 Å². The molecule has 1 aliphatic carbocycles. The molecule has 172 valence electrons. The molecule has 0 atom stereocenters. The third kappa shape index (κ3) is 3.56. The number of benzene rings is 2. The molecule has 7 nitrogen and oxygen atoms in total.